The summed E-state index contributed by atoms with van der Waals surface area (Å²) in [4.78, 5) is 24.1. The molecule has 2 aromatic carbocycles. The third-order valence-corrected chi connectivity index (χ3v) is 3.67. The van der Waals surface area contributed by atoms with Crippen LogP contribution in [0.1, 0.15) is 31.8 Å². The van der Waals surface area contributed by atoms with E-state index >= 15 is 0 Å². The number of rotatable bonds is 3. The summed E-state index contributed by atoms with van der Waals surface area (Å²) in [5, 5.41) is 2.75. The van der Waals surface area contributed by atoms with Gasteiger partial charge in [0, 0.05) is 24.1 Å². The van der Waals surface area contributed by atoms with Crippen LogP contribution in [-0.4, -0.2) is 18.2 Å². The highest BCUT2D eigenvalue weighted by Crippen LogP contribution is 2.18. The molecule has 1 N–H and O–H groups in total. The molecule has 3 nitrogen and oxygen atoms in total. The maximum atomic E-state index is 13.6. The number of hydrogen-bond acceptors (Lipinski definition) is 2. The van der Waals surface area contributed by atoms with E-state index < -0.39 is 0 Å². The summed E-state index contributed by atoms with van der Waals surface area (Å²) in [7, 11) is 0. The molecule has 1 amide bonds. The van der Waals surface area contributed by atoms with Crippen molar-refractivity contribution in [2.45, 2.75) is 12.8 Å². The van der Waals surface area contributed by atoms with Crippen molar-refractivity contribution in [1.82, 2.24) is 5.32 Å². The molecule has 1 heterocycles. The molecule has 0 atom stereocenters. The smallest absolute Gasteiger partial charge is 0.251 e. The van der Waals surface area contributed by atoms with Gasteiger partial charge in [0.2, 0.25) is 0 Å². The van der Waals surface area contributed by atoms with Gasteiger partial charge in [-0.25, -0.2) is 4.39 Å². The van der Waals surface area contributed by atoms with Crippen LogP contribution >= 0.6 is 0 Å². The number of fused-ring (bicyclic) bond motifs is 1. The second-order valence-electron chi connectivity index (χ2n) is 5.07. The van der Waals surface area contributed by atoms with Crippen molar-refractivity contribution in [3.63, 3.8) is 0 Å². The van der Waals surface area contributed by atoms with Gasteiger partial charge >= 0.3 is 0 Å². The van der Waals surface area contributed by atoms with Gasteiger partial charge in [0.15, 0.2) is 5.78 Å². The Balaban J connectivity index is 1.87. The molecule has 2 aromatic rings. The van der Waals surface area contributed by atoms with Crippen molar-refractivity contribution in [3.8, 4) is 0 Å². The van der Waals surface area contributed by atoms with Crippen LogP contribution in [0.15, 0.2) is 42.5 Å². The average molecular weight is 283 g/mol. The van der Waals surface area contributed by atoms with E-state index in [0.29, 0.717) is 23.2 Å². The van der Waals surface area contributed by atoms with Crippen molar-refractivity contribution in [2.75, 3.05) is 6.54 Å². The summed E-state index contributed by atoms with van der Waals surface area (Å²) in [5.74, 6) is -0.736. The Morgan fingerprint density at radius 2 is 2.00 bits per heavy atom. The predicted octanol–water partition coefficient (Wildman–Crippen LogP) is 2.54. The normalized spacial score (nSPS) is 13.5. The Morgan fingerprint density at radius 1 is 1.19 bits per heavy atom. The van der Waals surface area contributed by atoms with Crippen molar-refractivity contribution in [1.29, 1.82) is 0 Å². The van der Waals surface area contributed by atoms with Crippen LogP contribution in [0.25, 0.3) is 0 Å². The van der Waals surface area contributed by atoms with Gasteiger partial charge in [-0.05, 0) is 29.7 Å². The molecule has 0 aliphatic carbocycles. The minimum atomic E-state index is -0.387. The van der Waals surface area contributed by atoms with Crippen molar-refractivity contribution < 1.29 is 14.0 Å². The fourth-order valence-corrected chi connectivity index (χ4v) is 2.50. The van der Waals surface area contributed by atoms with Gasteiger partial charge in [0.25, 0.3) is 5.91 Å². The fourth-order valence-electron chi connectivity index (χ4n) is 2.50. The molecule has 0 unspecified atom stereocenters. The summed E-state index contributed by atoms with van der Waals surface area (Å²) in [6, 6.07) is 11.3. The van der Waals surface area contributed by atoms with Gasteiger partial charge in [-0.15, -0.1) is 0 Å². The first-order valence-corrected chi connectivity index (χ1v) is 6.83. The molecule has 0 radical (unpaired) electrons. The van der Waals surface area contributed by atoms with E-state index in [9.17, 15) is 14.0 Å². The molecular weight excluding hydrogens is 269 g/mol. The first kappa shape index (κ1) is 13.5. The maximum absolute atomic E-state index is 13.6. The van der Waals surface area contributed by atoms with Gasteiger partial charge in [0.1, 0.15) is 5.82 Å². The summed E-state index contributed by atoms with van der Waals surface area (Å²) in [6.07, 6.45) is 0.760. The van der Waals surface area contributed by atoms with E-state index in [2.05, 4.69) is 5.32 Å². The van der Waals surface area contributed by atoms with E-state index in [-0.39, 0.29) is 23.9 Å². The number of amides is 1. The molecule has 106 valence electrons. The first-order chi connectivity index (χ1) is 10.1. The Kier molecular flexibility index (Phi) is 3.52. The van der Waals surface area contributed by atoms with Crippen LogP contribution in [0.4, 0.5) is 4.39 Å². The van der Waals surface area contributed by atoms with Crippen LogP contribution in [0.3, 0.4) is 0 Å². The van der Waals surface area contributed by atoms with Gasteiger partial charge in [-0.1, -0.05) is 30.3 Å². The lowest BCUT2D eigenvalue weighted by Crippen LogP contribution is -2.32. The highest BCUT2D eigenvalue weighted by molar-refractivity contribution is 6.02. The number of Topliss-reactive ketones (excluding diaryl/α,β-unsaturated/α-hetero) is 1. The molecule has 0 bridgehead atoms. The standard InChI is InChI=1S/C17H14FNO2/c18-15-4-2-1-3-12(15)10-16(20)13-6-5-11-7-8-19-17(21)14(11)9-13/h1-6,9H,7-8,10H2,(H,19,21). The zero-order valence-electron chi connectivity index (χ0n) is 11.4. The quantitative estimate of drug-likeness (QED) is 0.880. The second kappa shape index (κ2) is 5.48. The van der Waals surface area contributed by atoms with Crippen LogP contribution in [0.2, 0.25) is 0 Å². The van der Waals surface area contributed by atoms with E-state index in [1.165, 1.54) is 6.07 Å². The lowest BCUT2D eigenvalue weighted by Gasteiger charge is -2.16. The monoisotopic (exact) mass is 283 g/mol. The van der Waals surface area contributed by atoms with Crippen molar-refractivity contribution >= 4 is 11.7 Å². The van der Waals surface area contributed by atoms with Gasteiger partial charge in [-0.2, -0.15) is 0 Å². The second-order valence-corrected chi connectivity index (χ2v) is 5.07. The lowest BCUT2D eigenvalue weighted by molar-refractivity contribution is 0.0946. The Morgan fingerprint density at radius 3 is 2.81 bits per heavy atom. The van der Waals surface area contributed by atoms with Crippen molar-refractivity contribution in [3.05, 3.63) is 70.5 Å². The SMILES string of the molecule is O=C(Cc1ccccc1F)c1ccc2c(c1)C(=O)NCC2. The Labute approximate surface area is 121 Å². The van der Waals surface area contributed by atoms with Crippen LogP contribution in [-0.2, 0) is 12.8 Å². The molecular formula is C17H14FNO2. The summed E-state index contributed by atoms with van der Waals surface area (Å²) in [6.45, 7) is 0.619. The van der Waals surface area contributed by atoms with Crippen LogP contribution in [0.5, 0.6) is 0 Å². The highest BCUT2D eigenvalue weighted by atomic mass is 19.1. The molecule has 4 heteroatoms. The summed E-state index contributed by atoms with van der Waals surface area (Å²) < 4.78 is 13.6. The number of halogens is 1. The first-order valence-electron chi connectivity index (χ1n) is 6.83. The van der Waals surface area contributed by atoms with E-state index in [1.54, 1.807) is 30.3 Å². The minimum absolute atomic E-state index is 0.00687. The number of hydrogen-bond donors (Lipinski definition) is 1. The Hall–Kier alpha value is -2.49. The number of carbonyl (C=O) groups is 2. The van der Waals surface area contributed by atoms with Crippen LogP contribution in [0, 0.1) is 5.82 Å². The lowest BCUT2D eigenvalue weighted by atomic mass is 9.95. The zero-order chi connectivity index (χ0) is 14.8. The largest absolute Gasteiger partial charge is 0.352 e. The Bertz CT molecular complexity index is 724. The van der Waals surface area contributed by atoms with Gasteiger partial charge in [-0.3, -0.25) is 9.59 Å². The molecule has 1 aliphatic heterocycles. The third-order valence-electron chi connectivity index (χ3n) is 3.67. The molecule has 0 aromatic heterocycles. The number of ketones is 1. The maximum Gasteiger partial charge on any atom is 0.251 e. The number of benzene rings is 2. The zero-order valence-corrected chi connectivity index (χ0v) is 11.4. The molecule has 1 aliphatic rings. The summed E-state index contributed by atoms with van der Waals surface area (Å²) >= 11 is 0. The van der Waals surface area contributed by atoms with Crippen molar-refractivity contribution in [2.24, 2.45) is 0 Å². The molecule has 21 heavy (non-hydrogen) atoms. The van der Waals surface area contributed by atoms with Gasteiger partial charge in [0.05, 0.1) is 0 Å². The summed E-state index contributed by atoms with van der Waals surface area (Å²) in [5.41, 5.74) is 2.29. The third kappa shape index (κ3) is 2.70. The van der Waals surface area contributed by atoms with Gasteiger partial charge < -0.3 is 5.32 Å². The average Bonchev–Trinajstić information content (AvgIpc) is 2.50. The van der Waals surface area contributed by atoms with Crippen LogP contribution < -0.4 is 5.32 Å². The molecule has 0 saturated heterocycles. The number of nitrogens with one attached hydrogen (secondary N) is 1. The number of carbonyl (C=O) groups excluding carboxylic acids is 2. The minimum Gasteiger partial charge on any atom is -0.352 e. The highest BCUT2D eigenvalue weighted by Gasteiger charge is 2.19. The fraction of sp³-hybridized carbons (Fsp3) is 0.176. The molecule has 0 saturated carbocycles. The molecule has 0 spiro atoms. The van der Waals surface area contributed by atoms with E-state index in [0.717, 1.165) is 12.0 Å². The molecule has 0 fully saturated rings. The van der Waals surface area contributed by atoms with E-state index in [4.69, 9.17) is 0 Å². The molecule has 3 rings (SSSR count). The predicted molar refractivity (Wildman–Crippen MR) is 76.9 cm³/mol. The topological polar surface area (TPSA) is 46.2 Å². The van der Waals surface area contributed by atoms with E-state index in [1.807, 2.05) is 6.07 Å².